The Labute approximate surface area is 129 Å². The Kier molecular flexibility index (Phi) is 4.25. The molecule has 3 aromatic rings. The first-order chi connectivity index (χ1) is 10.8. The minimum absolute atomic E-state index is 0.0290. The van der Waals surface area contributed by atoms with Crippen molar-refractivity contribution in [3.8, 4) is 11.1 Å². The maximum absolute atomic E-state index is 12.0. The van der Waals surface area contributed by atoms with Gasteiger partial charge in [-0.25, -0.2) is 0 Å². The van der Waals surface area contributed by atoms with Gasteiger partial charge in [-0.15, -0.1) is 0 Å². The average Bonchev–Trinajstić information content (AvgIpc) is 2.57. The number of anilines is 1. The number of carbonyl (C=O) groups excluding carboxylic acids is 1. The summed E-state index contributed by atoms with van der Waals surface area (Å²) in [4.78, 5) is 15.9. The number of nitrogens with zero attached hydrogens (tertiary/aromatic N) is 1. The highest BCUT2D eigenvalue weighted by Gasteiger charge is 2.04. The van der Waals surface area contributed by atoms with Gasteiger partial charge >= 0.3 is 0 Å². The molecule has 0 aliphatic carbocycles. The summed E-state index contributed by atoms with van der Waals surface area (Å²) in [7, 11) is 0. The van der Waals surface area contributed by atoms with Crippen molar-refractivity contribution < 1.29 is 4.79 Å². The normalized spacial score (nSPS) is 10.2. The van der Waals surface area contributed by atoms with Crippen molar-refractivity contribution in [3.05, 3.63) is 84.7 Å². The van der Waals surface area contributed by atoms with Crippen molar-refractivity contribution >= 4 is 11.6 Å². The summed E-state index contributed by atoms with van der Waals surface area (Å²) in [6.07, 6.45) is 3.67. The summed E-state index contributed by atoms with van der Waals surface area (Å²) in [6, 6.07) is 21.8. The highest BCUT2D eigenvalue weighted by molar-refractivity contribution is 5.92. The van der Waals surface area contributed by atoms with Gasteiger partial charge in [0.15, 0.2) is 0 Å². The minimum atomic E-state index is -0.0290. The van der Waals surface area contributed by atoms with Crippen LogP contribution in [0.5, 0.6) is 0 Å². The fourth-order valence-corrected chi connectivity index (χ4v) is 2.27. The van der Waals surface area contributed by atoms with E-state index in [0.29, 0.717) is 6.42 Å². The number of hydrogen-bond acceptors (Lipinski definition) is 2. The van der Waals surface area contributed by atoms with Gasteiger partial charge in [0, 0.05) is 18.1 Å². The molecule has 1 heterocycles. The third kappa shape index (κ3) is 3.58. The SMILES string of the molecule is O=C(Cc1ccc(-c2ccccc2)cc1)Nc1ccncc1. The van der Waals surface area contributed by atoms with Crippen LogP contribution in [-0.4, -0.2) is 10.9 Å². The van der Waals surface area contributed by atoms with Crippen LogP contribution in [0.25, 0.3) is 11.1 Å². The second-order valence-electron chi connectivity index (χ2n) is 5.02. The van der Waals surface area contributed by atoms with E-state index in [1.807, 2.05) is 42.5 Å². The zero-order valence-electron chi connectivity index (χ0n) is 12.1. The first-order valence-electron chi connectivity index (χ1n) is 7.15. The molecule has 0 radical (unpaired) electrons. The largest absolute Gasteiger partial charge is 0.326 e. The number of pyridine rings is 1. The number of amides is 1. The molecule has 0 fully saturated rings. The van der Waals surface area contributed by atoms with E-state index >= 15 is 0 Å². The maximum Gasteiger partial charge on any atom is 0.228 e. The van der Waals surface area contributed by atoms with Crippen molar-refractivity contribution in [2.45, 2.75) is 6.42 Å². The second-order valence-corrected chi connectivity index (χ2v) is 5.02. The Morgan fingerprint density at radius 3 is 2.14 bits per heavy atom. The molecule has 0 atom stereocenters. The van der Waals surface area contributed by atoms with Crippen LogP contribution < -0.4 is 5.32 Å². The second kappa shape index (κ2) is 6.68. The number of rotatable bonds is 4. The van der Waals surface area contributed by atoms with Crippen LogP contribution in [0.4, 0.5) is 5.69 Å². The van der Waals surface area contributed by atoms with E-state index in [2.05, 4.69) is 22.4 Å². The highest BCUT2D eigenvalue weighted by atomic mass is 16.1. The molecule has 0 bridgehead atoms. The first kappa shape index (κ1) is 14.0. The molecule has 1 N–H and O–H groups in total. The predicted molar refractivity (Wildman–Crippen MR) is 88.4 cm³/mol. The van der Waals surface area contributed by atoms with Crippen LogP contribution in [-0.2, 0) is 11.2 Å². The molecule has 1 amide bonds. The zero-order valence-corrected chi connectivity index (χ0v) is 12.1. The molecule has 0 unspecified atom stereocenters. The molecular weight excluding hydrogens is 272 g/mol. The van der Waals surface area contributed by atoms with Gasteiger partial charge in [-0.1, -0.05) is 54.6 Å². The summed E-state index contributed by atoms with van der Waals surface area (Å²) >= 11 is 0. The molecule has 22 heavy (non-hydrogen) atoms. The Hall–Kier alpha value is -2.94. The lowest BCUT2D eigenvalue weighted by Crippen LogP contribution is -2.14. The monoisotopic (exact) mass is 288 g/mol. The number of aromatic nitrogens is 1. The van der Waals surface area contributed by atoms with Crippen molar-refractivity contribution in [3.63, 3.8) is 0 Å². The van der Waals surface area contributed by atoms with Gasteiger partial charge in [0.2, 0.25) is 5.91 Å². The molecule has 1 aromatic heterocycles. The summed E-state index contributed by atoms with van der Waals surface area (Å²) in [5.74, 6) is -0.0290. The molecular formula is C19H16N2O. The summed E-state index contributed by atoms with van der Waals surface area (Å²) in [6.45, 7) is 0. The van der Waals surface area contributed by atoms with E-state index in [4.69, 9.17) is 0 Å². The van der Waals surface area contributed by atoms with Gasteiger partial charge in [0.25, 0.3) is 0 Å². The minimum Gasteiger partial charge on any atom is -0.326 e. The van der Waals surface area contributed by atoms with Crippen LogP contribution in [0, 0.1) is 0 Å². The third-order valence-electron chi connectivity index (χ3n) is 3.39. The van der Waals surface area contributed by atoms with Gasteiger partial charge in [0.1, 0.15) is 0 Å². The van der Waals surface area contributed by atoms with Crippen molar-refractivity contribution in [1.29, 1.82) is 0 Å². The number of carbonyl (C=O) groups is 1. The number of benzene rings is 2. The van der Waals surface area contributed by atoms with Crippen LogP contribution in [0.15, 0.2) is 79.1 Å². The Bertz CT molecular complexity index is 737. The number of nitrogens with one attached hydrogen (secondary N) is 1. The van der Waals surface area contributed by atoms with Gasteiger partial charge in [0.05, 0.1) is 6.42 Å². The molecule has 0 aliphatic rings. The topological polar surface area (TPSA) is 42.0 Å². The van der Waals surface area contributed by atoms with Crippen LogP contribution in [0.1, 0.15) is 5.56 Å². The van der Waals surface area contributed by atoms with Gasteiger partial charge < -0.3 is 5.32 Å². The van der Waals surface area contributed by atoms with E-state index in [9.17, 15) is 4.79 Å². The quantitative estimate of drug-likeness (QED) is 0.790. The summed E-state index contributed by atoms with van der Waals surface area (Å²) in [5, 5.41) is 2.86. The fourth-order valence-electron chi connectivity index (χ4n) is 2.27. The molecule has 108 valence electrons. The molecule has 2 aromatic carbocycles. The van der Waals surface area contributed by atoms with E-state index in [1.54, 1.807) is 24.5 Å². The van der Waals surface area contributed by atoms with Crippen molar-refractivity contribution in [2.24, 2.45) is 0 Å². The van der Waals surface area contributed by atoms with Gasteiger partial charge in [-0.3, -0.25) is 9.78 Å². The van der Waals surface area contributed by atoms with E-state index in [1.165, 1.54) is 5.56 Å². The molecule has 3 heteroatoms. The Morgan fingerprint density at radius 2 is 1.45 bits per heavy atom. The van der Waals surface area contributed by atoms with Gasteiger partial charge in [-0.05, 0) is 28.8 Å². The predicted octanol–water partition coefficient (Wildman–Crippen LogP) is 3.93. The van der Waals surface area contributed by atoms with E-state index < -0.39 is 0 Å². The standard InChI is InChI=1S/C19H16N2O/c22-19(21-18-10-12-20-13-11-18)14-15-6-8-17(9-7-15)16-4-2-1-3-5-16/h1-13H,14H2,(H,20,21,22). The smallest absolute Gasteiger partial charge is 0.228 e. The molecule has 0 aliphatic heterocycles. The molecule has 3 nitrogen and oxygen atoms in total. The summed E-state index contributed by atoms with van der Waals surface area (Å²) < 4.78 is 0. The van der Waals surface area contributed by atoms with Crippen LogP contribution in [0.2, 0.25) is 0 Å². The van der Waals surface area contributed by atoms with Crippen molar-refractivity contribution in [2.75, 3.05) is 5.32 Å². The fraction of sp³-hybridized carbons (Fsp3) is 0.0526. The Balaban J connectivity index is 1.65. The highest BCUT2D eigenvalue weighted by Crippen LogP contribution is 2.19. The molecule has 3 rings (SSSR count). The molecule has 0 saturated carbocycles. The molecule has 0 spiro atoms. The zero-order chi connectivity index (χ0) is 15.2. The lowest BCUT2D eigenvalue weighted by Gasteiger charge is -2.06. The van der Waals surface area contributed by atoms with Crippen molar-refractivity contribution in [1.82, 2.24) is 4.98 Å². The van der Waals surface area contributed by atoms with E-state index in [-0.39, 0.29) is 5.91 Å². The van der Waals surface area contributed by atoms with Crippen LogP contribution >= 0.6 is 0 Å². The van der Waals surface area contributed by atoms with E-state index in [0.717, 1.165) is 16.8 Å². The summed E-state index contributed by atoms with van der Waals surface area (Å²) in [5.41, 5.74) is 4.08. The van der Waals surface area contributed by atoms with Crippen LogP contribution in [0.3, 0.4) is 0 Å². The lowest BCUT2D eigenvalue weighted by molar-refractivity contribution is -0.115. The Morgan fingerprint density at radius 1 is 0.818 bits per heavy atom. The maximum atomic E-state index is 12.0. The number of hydrogen-bond donors (Lipinski definition) is 1. The van der Waals surface area contributed by atoms with Gasteiger partial charge in [-0.2, -0.15) is 0 Å². The third-order valence-corrected chi connectivity index (χ3v) is 3.39. The first-order valence-corrected chi connectivity index (χ1v) is 7.15. The molecule has 0 saturated heterocycles. The lowest BCUT2D eigenvalue weighted by atomic mass is 10.0. The average molecular weight is 288 g/mol.